The van der Waals surface area contributed by atoms with Crippen molar-refractivity contribution in [1.82, 2.24) is 30.2 Å². The summed E-state index contributed by atoms with van der Waals surface area (Å²) in [6.45, 7) is 4.24. The van der Waals surface area contributed by atoms with Gasteiger partial charge in [0.1, 0.15) is 16.5 Å². The van der Waals surface area contributed by atoms with E-state index in [1.165, 1.54) is 0 Å². The van der Waals surface area contributed by atoms with Gasteiger partial charge >= 0.3 is 6.09 Å². The second-order valence-corrected chi connectivity index (χ2v) is 9.15. The summed E-state index contributed by atoms with van der Waals surface area (Å²) < 4.78 is 0.685. The lowest BCUT2D eigenvalue weighted by Gasteiger charge is -2.29. The van der Waals surface area contributed by atoms with Crippen molar-refractivity contribution in [3.05, 3.63) is 53.3 Å². The molecule has 3 heterocycles. The largest absolute Gasteiger partial charge is 0.465 e. The average Bonchev–Trinajstić information content (AvgIpc) is 3.47. The van der Waals surface area contributed by atoms with Crippen LogP contribution in [-0.4, -0.2) is 54.5 Å². The molecule has 0 aliphatic carbocycles. The summed E-state index contributed by atoms with van der Waals surface area (Å²) in [5, 5.41) is 11.5. The molecule has 1 aliphatic heterocycles. The van der Waals surface area contributed by atoms with Crippen LogP contribution in [0, 0.1) is 5.92 Å². The summed E-state index contributed by atoms with van der Waals surface area (Å²) in [7, 11) is 0. The molecule has 4 rings (SSSR count). The molecule has 172 valence electrons. The highest BCUT2D eigenvalue weighted by Crippen LogP contribution is 2.33. The highest BCUT2D eigenvalue weighted by molar-refractivity contribution is 9.10. The third-order valence-corrected chi connectivity index (χ3v) is 6.17. The monoisotopic (exact) mass is 512 g/mol. The van der Waals surface area contributed by atoms with Gasteiger partial charge in [0.05, 0.1) is 29.8 Å². The van der Waals surface area contributed by atoms with Crippen molar-refractivity contribution in [2.24, 2.45) is 5.92 Å². The molecular weight excluding hydrogens is 488 g/mol. The van der Waals surface area contributed by atoms with Crippen LogP contribution in [-0.2, 0) is 4.79 Å². The van der Waals surface area contributed by atoms with Crippen molar-refractivity contribution in [2.75, 3.05) is 6.54 Å². The lowest BCUT2D eigenvalue weighted by Crippen LogP contribution is -2.50. The maximum atomic E-state index is 13.1. The average molecular weight is 513 g/mol. The first-order chi connectivity index (χ1) is 15.8. The molecule has 0 spiro atoms. The number of carbonyl (C=O) groups excluding carboxylic acids is 1. The van der Waals surface area contributed by atoms with Crippen molar-refractivity contribution >= 4 is 27.9 Å². The Balaban J connectivity index is 1.52. The van der Waals surface area contributed by atoms with Gasteiger partial charge in [0.15, 0.2) is 0 Å². The zero-order valence-electron chi connectivity index (χ0n) is 18.3. The summed E-state index contributed by atoms with van der Waals surface area (Å²) in [5.74, 6) is 0.334. The van der Waals surface area contributed by atoms with Gasteiger partial charge in [-0.2, -0.15) is 0 Å². The number of aromatic amines is 1. The van der Waals surface area contributed by atoms with Gasteiger partial charge in [0, 0.05) is 23.9 Å². The minimum absolute atomic E-state index is 0.157. The Kier molecular flexibility index (Phi) is 6.73. The minimum atomic E-state index is -1.20. The molecule has 10 heteroatoms. The summed E-state index contributed by atoms with van der Waals surface area (Å²) in [6, 6.07) is 6.90. The van der Waals surface area contributed by atoms with Gasteiger partial charge in [-0.1, -0.05) is 38.1 Å². The van der Waals surface area contributed by atoms with Crippen LogP contribution in [0.25, 0.3) is 22.5 Å². The topological polar surface area (TPSA) is 124 Å². The van der Waals surface area contributed by atoms with Crippen molar-refractivity contribution in [3.63, 3.8) is 0 Å². The van der Waals surface area contributed by atoms with Gasteiger partial charge in [-0.05, 0) is 34.7 Å². The number of benzene rings is 1. The predicted molar refractivity (Wildman–Crippen MR) is 126 cm³/mol. The van der Waals surface area contributed by atoms with Crippen LogP contribution in [0.4, 0.5) is 4.79 Å². The van der Waals surface area contributed by atoms with Gasteiger partial charge in [0.25, 0.3) is 0 Å². The van der Waals surface area contributed by atoms with Crippen molar-refractivity contribution in [2.45, 2.75) is 38.8 Å². The molecule has 0 saturated carbocycles. The number of carbonyl (C=O) groups is 2. The molecule has 3 aromatic rings. The van der Waals surface area contributed by atoms with Crippen LogP contribution in [0.3, 0.4) is 0 Å². The fraction of sp³-hybridized carbons (Fsp3) is 0.348. The first kappa shape index (κ1) is 22.9. The van der Waals surface area contributed by atoms with E-state index in [1.54, 1.807) is 17.3 Å². The second kappa shape index (κ2) is 9.70. The summed E-state index contributed by atoms with van der Waals surface area (Å²) in [5.41, 5.74) is 3.45. The normalized spacial score (nSPS) is 16.7. The van der Waals surface area contributed by atoms with Crippen LogP contribution >= 0.6 is 15.9 Å². The quantitative estimate of drug-likeness (QED) is 0.453. The first-order valence-electron chi connectivity index (χ1n) is 10.8. The Hall–Kier alpha value is -3.27. The van der Waals surface area contributed by atoms with Crippen LogP contribution in [0.15, 0.2) is 47.5 Å². The molecule has 33 heavy (non-hydrogen) atoms. The summed E-state index contributed by atoms with van der Waals surface area (Å²) in [4.78, 5) is 42.6. The van der Waals surface area contributed by atoms with Crippen LogP contribution in [0.1, 0.15) is 38.6 Å². The molecule has 2 aromatic heterocycles. The van der Waals surface area contributed by atoms with Gasteiger partial charge in [0.2, 0.25) is 5.91 Å². The molecule has 2 amide bonds. The number of likely N-dealkylation sites (tertiary alicyclic amines) is 1. The molecule has 0 radical (unpaired) electrons. The zero-order chi connectivity index (χ0) is 23.5. The maximum absolute atomic E-state index is 13.1. The number of hydrogen-bond donors (Lipinski definition) is 3. The van der Waals surface area contributed by atoms with E-state index in [1.807, 2.05) is 44.3 Å². The summed E-state index contributed by atoms with van der Waals surface area (Å²) in [6.07, 6.45) is 5.62. The molecule has 1 saturated heterocycles. The maximum Gasteiger partial charge on any atom is 0.405 e. The smallest absolute Gasteiger partial charge is 0.405 e. The predicted octanol–water partition coefficient (Wildman–Crippen LogP) is 4.25. The van der Waals surface area contributed by atoms with Crippen molar-refractivity contribution < 1.29 is 14.7 Å². The summed E-state index contributed by atoms with van der Waals surface area (Å²) >= 11 is 3.29. The number of rotatable bonds is 6. The molecule has 9 nitrogen and oxygen atoms in total. The number of imidazole rings is 1. The third-order valence-electron chi connectivity index (χ3n) is 5.76. The number of H-pyrrole nitrogens is 1. The number of nitrogens with one attached hydrogen (secondary N) is 2. The van der Waals surface area contributed by atoms with Gasteiger partial charge in [-0.3, -0.25) is 9.78 Å². The number of carboxylic acid groups (broad SMARTS) is 1. The van der Waals surface area contributed by atoms with Gasteiger partial charge < -0.3 is 20.3 Å². The molecule has 2 atom stereocenters. The first-order valence-corrected chi connectivity index (χ1v) is 11.6. The number of hydrogen-bond acceptors (Lipinski definition) is 5. The Morgan fingerprint density at radius 1 is 1.15 bits per heavy atom. The molecule has 1 aliphatic rings. The molecular formula is C23H25BrN6O3. The zero-order valence-corrected chi connectivity index (χ0v) is 19.9. The molecule has 3 N–H and O–H groups in total. The highest BCUT2D eigenvalue weighted by Gasteiger charge is 2.37. The van der Waals surface area contributed by atoms with E-state index >= 15 is 0 Å². The van der Waals surface area contributed by atoms with Gasteiger partial charge in [-0.25, -0.2) is 14.8 Å². The standard InChI is InChI=1S/C23H25BrN6O3/c1-13(2)20(29-23(32)33)22(31)30-9-3-4-18(30)21-27-11-17(28-21)15-7-5-14(6-8-15)16-10-26-19(24)12-25-16/h5-8,10-13,18,20,29H,3-4,9H2,1-2H3,(H,27,28)(H,32,33)/t18-,20?/m0/s1. The van der Waals surface area contributed by atoms with E-state index in [4.69, 9.17) is 10.1 Å². The number of aromatic nitrogens is 4. The minimum Gasteiger partial charge on any atom is -0.465 e. The fourth-order valence-corrected chi connectivity index (χ4v) is 4.27. The molecule has 0 bridgehead atoms. The molecule has 1 aromatic carbocycles. The molecule has 1 fully saturated rings. The Labute approximate surface area is 199 Å². The van der Waals surface area contributed by atoms with Crippen LogP contribution in [0.2, 0.25) is 0 Å². The Bertz CT molecular complexity index is 1130. The van der Waals surface area contributed by atoms with E-state index < -0.39 is 12.1 Å². The second-order valence-electron chi connectivity index (χ2n) is 8.33. The number of amides is 2. The molecule has 1 unspecified atom stereocenters. The number of halogens is 1. The SMILES string of the molecule is CC(C)C(NC(=O)O)C(=O)N1CCC[C@H]1c1nc(-c2ccc(-c3cnc(Br)cn3)cc2)c[nH]1. The van der Waals surface area contributed by atoms with E-state index in [2.05, 4.69) is 36.2 Å². The highest BCUT2D eigenvalue weighted by atomic mass is 79.9. The fourth-order valence-electron chi connectivity index (χ4n) is 4.07. The van der Waals surface area contributed by atoms with Crippen LogP contribution < -0.4 is 5.32 Å². The van der Waals surface area contributed by atoms with Gasteiger partial charge in [-0.15, -0.1) is 0 Å². The van der Waals surface area contributed by atoms with Crippen molar-refractivity contribution in [1.29, 1.82) is 0 Å². The van der Waals surface area contributed by atoms with E-state index in [0.29, 0.717) is 17.0 Å². The number of nitrogens with zero attached hydrogens (tertiary/aromatic N) is 4. The van der Waals surface area contributed by atoms with E-state index in [9.17, 15) is 9.59 Å². The van der Waals surface area contributed by atoms with E-state index in [-0.39, 0.29) is 17.9 Å². The Morgan fingerprint density at radius 3 is 2.45 bits per heavy atom. The van der Waals surface area contributed by atoms with Crippen molar-refractivity contribution in [3.8, 4) is 22.5 Å². The lowest BCUT2D eigenvalue weighted by molar-refractivity contribution is -0.135. The van der Waals surface area contributed by atoms with Crippen LogP contribution in [0.5, 0.6) is 0 Å². The third kappa shape index (κ3) is 5.05. The van der Waals surface area contributed by atoms with E-state index in [0.717, 1.165) is 35.4 Å². The lowest BCUT2D eigenvalue weighted by atomic mass is 10.0. The Morgan fingerprint density at radius 2 is 1.85 bits per heavy atom.